The second kappa shape index (κ2) is 9.11. The molecule has 1 heteroatoms. The number of hydrogen-bond donors (Lipinski definition) is 1. The average Bonchev–Trinajstić information content (AvgIpc) is 2.72. The number of rotatable bonds is 6. The molecule has 0 spiro atoms. The van der Waals surface area contributed by atoms with E-state index in [9.17, 15) is 0 Å². The molecule has 3 rings (SSSR count). The fraction of sp³-hybridized carbons (Fsp3) is 0.0400. The van der Waals surface area contributed by atoms with Crippen LogP contribution in [-0.2, 0) is 0 Å². The molecule has 3 aromatic rings. The quantitative estimate of drug-likeness (QED) is 0.437. The minimum absolute atomic E-state index is 0.711. The van der Waals surface area contributed by atoms with Crippen molar-refractivity contribution in [2.75, 3.05) is 11.9 Å². The zero-order valence-corrected chi connectivity index (χ0v) is 14.6. The van der Waals surface area contributed by atoms with E-state index in [0.717, 1.165) is 16.8 Å². The third-order valence-electron chi connectivity index (χ3n) is 4.08. The number of allylic oxidation sites excluding steroid dienone is 3. The Morgan fingerprint density at radius 2 is 1.31 bits per heavy atom. The lowest BCUT2D eigenvalue weighted by Gasteiger charge is -2.12. The molecule has 0 aliphatic heterocycles. The number of para-hydroxylation sites is 1. The molecule has 0 fully saturated rings. The third kappa shape index (κ3) is 4.75. The molecule has 0 radical (unpaired) electrons. The summed E-state index contributed by atoms with van der Waals surface area (Å²) in [5.41, 5.74) is 5.59. The van der Waals surface area contributed by atoms with Crippen molar-refractivity contribution in [1.29, 1.82) is 0 Å². The predicted octanol–water partition coefficient (Wildman–Crippen LogP) is 5.90. The molecule has 0 atom stereocenters. The van der Waals surface area contributed by atoms with Crippen molar-refractivity contribution in [3.63, 3.8) is 0 Å². The van der Waals surface area contributed by atoms with Crippen LogP contribution < -0.4 is 5.32 Å². The molecule has 0 amide bonds. The molecule has 3 aromatic carbocycles. The Morgan fingerprint density at radius 3 is 1.88 bits per heavy atom. The van der Waals surface area contributed by atoms with E-state index in [4.69, 9.17) is 6.42 Å². The van der Waals surface area contributed by atoms with Crippen molar-refractivity contribution in [3.05, 3.63) is 114 Å². The Hall–Kier alpha value is -3.50. The van der Waals surface area contributed by atoms with Gasteiger partial charge in [-0.1, -0.05) is 84.8 Å². The molecule has 0 aliphatic carbocycles. The fourth-order valence-electron chi connectivity index (χ4n) is 2.76. The van der Waals surface area contributed by atoms with Crippen LogP contribution in [0.2, 0.25) is 0 Å². The van der Waals surface area contributed by atoms with Crippen molar-refractivity contribution in [2.24, 2.45) is 0 Å². The normalized spacial score (nSPS) is 11.7. The van der Waals surface area contributed by atoms with E-state index in [0.29, 0.717) is 6.54 Å². The Bertz CT molecular complexity index is 914. The van der Waals surface area contributed by atoms with Crippen LogP contribution >= 0.6 is 0 Å². The lowest BCUT2D eigenvalue weighted by Crippen LogP contribution is -2.04. The maximum Gasteiger partial charge on any atom is 0.0406 e. The summed E-state index contributed by atoms with van der Waals surface area (Å²) in [6.07, 6.45) is 9.56. The largest absolute Gasteiger partial charge is 0.381 e. The van der Waals surface area contributed by atoms with Gasteiger partial charge in [0.2, 0.25) is 0 Å². The van der Waals surface area contributed by atoms with Crippen LogP contribution in [0.1, 0.15) is 11.1 Å². The number of benzene rings is 3. The summed E-state index contributed by atoms with van der Waals surface area (Å²) in [4.78, 5) is 0. The summed E-state index contributed by atoms with van der Waals surface area (Å²) in [6.45, 7) is 0.711. The molecular weight excluding hydrogens is 314 g/mol. The van der Waals surface area contributed by atoms with Crippen molar-refractivity contribution in [1.82, 2.24) is 0 Å². The van der Waals surface area contributed by atoms with E-state index in [1.807, 2.05) is 48.5 Å². The second-order valence-corrected chi connectivity index (χ2v) is 5.89. The molecule has 0 aliphatic rings. The maximum atomic E-state index is 5.57. The third-order valence-corrected chi connectivity index (χ3v) is 4.08. The number of hydrogen-bond acceptors (Lipinski definition) is 1. The lowest BCUT2D eigenvalue weighted by molar-refractivity contribution is 1.34. The minimum atomic E-state index is 0.711. The van der Waals surface area contributed by atoms with Crippen LogP contribution in [0.15, 0.2) is 103 Å². The van der Waals surface area contributed by atoms with E-state index in [1.54, 1.807) is 0 Å². The van der Waals surface area contributed by atoms with Crippen molar-refractivity contribution >= 4 is 16.8 Å². The summed E-state index contributed by atoms with van der Waals surface area (Å²) in [6, 6.07) is 30.8. The Labute approximate surface area is 155 Å². The van der Waals surface area contributed by atoms with Crippen molar-refractivity contribution in [3.8, 4) is 12.3 Å². The first-order chi connectivity index (χ1) is 12.9. The van der Waals surface area contributed by atoms with Crippen LogP contribution in [0, 0.1) is 12.3 Å². The maximum absolute atomic E-state index is 5.57. The van der Waals surface area contributed by atoms with Gasteiger partial charge in [-0.15, -0.1) is 6.42 Å². The zero-order chi connectivity index (χ0) is 18.0. The number of anilines is 1. The molecule has 1 N–H and O–H groups in total. The van der Waals surface area contributed by atoms with Crippen molar-refractivity contribution < 1.29 is 0 Å². The smallest absolute Gasteiger partial charge is 0.0406 e. The molecule has 0 saturated carbocycles. The summed E-state index contributed by atoms with van der Waals surface area (Å²) in [5.74, 6) is 2.67. The number of nitrogens with one attached hydrogen (secondary N) is 1. The van der Waals surface area contributed by atoms with Gasteiger partial charge in [0.1, 0.15) is 0 Å². The number of terminal acetylenes is 1. The fourth-order valence-corrected chi connectivity index (χ4v) is 2.76. The Morgan fingerprint density at radius 1 is 0.769 bits per heavy atom. The highest BCUT2D eigenvalue weighted by atomic mass is 14.9. The van der Waals surface area contributed by atoms with Crippen LogP contribution in [0.25, 0.3) is 11.1 Å². The highest BCUT2D eigenvalue weighted by Crippen LogP contribution is 2.23. The topological polar surface area (TPSA) is 12.0 Å². The predicted molar refractivity (Wildman–Crippen MR) is 113 cm³/mol. The highest BCUT2D eigenvalue weighted by Gasteiger charge is 2.05. The van der Waals surface area contributed by atoms with Gasteiger partial charge in [0.05, 0.1) is 0 Å². The van der Waals surface area contributed by atoms with E-state index >= 15 is 0 Å². The summed E-state index contributed by atoms with van der Waals surface area (Å²) < 4.78 is 0. The van der Waals surface area contributed by atoms with Crippen LogP contribution in [0.3, 0.4) is 0 Å². The minimum Gasteiger partial charge on any atom is -0.381 e. The molecule has 26 heavy (non-hydrogen) atoms. The molecule has 0 bridgehead atoms. The van der Waals surface area contributed by atoms with E-state index < -0.39 is 0 Å². The Kier molecular flexibility index (Phi) is 6.07. The summed E-state index contributed by atoms with van der Waals surface area (Å²) in [7, 11) is 0. The first kappa shape index (κ1) is 17.3. The first-order valence-electron chi connectivity index (χ1n) is 8.63. The highest BCUT2D eigenvalue weighted by molar-refractivity contribution is 5.86. The van der Waals surface area contributed by atoms with Gasteiger partial charge in [-0.25, -0.2) is 0 Å². The molecule has 0 heterocycles. The monoisotopic (exact) mass is 335 g/mol. The van der Waals surface area contributed by atoms with Gasteiger partial charge in [-0.3, -0.25) is 0 Å². The van der Waals surface area contributed by atoms with E-state index in [2.05, 4.69) is 65.8 Å². The molecular formula is C25H21N. The van der Waals surface area contributed by atoms with Crippen molar-refractivity contribution in [2.45, 2.75) is 0 Å². The van der Waals surface area contributed by atoms with Gasteiger partial charge in [-0.2, -0.15) is 0 Å². The van der Waals surface area contributed by atoms with Crippen LogP contribution in [0.5, 0.6) is 0 Å². The standard InChI is InChI=1S/C25H21N/c1-2-12-23(21-13-6-3-7-14-21)19-24(22-15-8-4-9-16-22)20-26-25-17-10-5-11-18-25/h1,3-19,26H,20H2/b23-12+,24-19+. The molecule has 0 unspecified atom stereocenters. The van der Waals surface area contributed by atoms with Gasteiger partial charge in [-0.05, 0) is 46.6 Å². The average molecular weight is 335 g/mol. The summed E-state index contributed by atoms with van der Waals surface area (Å²) >= 11 is 0. The van der Waals surface area contributed by atoms with Crippen LogP contribution in [-0.4, -0.2) is 6.54 Å². The van der Waals surface area contributed by atoms with E-state index in [1.165, 1.54) is 11.1 Å². The molecule has 0 aromatic heterocycles. The second-order valence-electron chi connectivity index (χ2n) is 5.89. The Balaban J connectivity index is 1.95. The van der Waals surface area contributed by atoms with Gasteiger partial charge in [0.15, 0.2) is 0 Å². The van der Waals surface area contributed by atoms with Gasteiger partial charge < -0.3 is 5.32 Å². The first-order valence-corrected chi connectivity index (χ1v) is 8.63. The molecule has 0 saturated heterocycles. The zero-order valence-electron chi connectivity index (χ0n) is 14.6. The lowest BCUT2D eigenvalue weighted by atomic mass is 9.98. The molecule has 1 nitrogen and oxygen atoms in total. The van der Waals surface area contributed by atoms with Gasteiger partial charge in [0, 0.05) is 12.2 Å². The van der Waals surface area contributed by atoms with E-state index in [-0.39, 0.29) is 0 Å². The van der Waals surface area contributed by atoms with Gasteiger partial charge in [0.25, 0.3) is 0 Å². The molecule has 126 valence electrons. The summed E-state index contributed by atoms with van der Waals surface area (Å²) in [5, 5.41) is 3.49. The van der Waals surface area contributed by atoms with Gasteiger partial charge >= 0.3 is 0 Å². The van der Waals surface area contributed by atoms with Crippen LogP contribution in [0.4, 0.5) is 5.69 Å². The SMILES string of the molecule is C#C/C=C(\C=C(/CNc1ccccc1)c1ccccc1)c1ccccc1.